The molecule has 0 spiro atoms. The molecule has 0 aliphatic carbocycles. The molecular weight excluding hydrogens is 298 g/mol. The molecule has 0 saturated heterocycles. The van der Waals surface area contributed by atoms with Gasteiger partial charge in [-0.2, -0.15) is 4.91 Å². The van der Waals surface area contributed by atoms with Gasteiger partial charge in [0.25, 0.3) is 0 Å². The van der Waals surface area contributed by atoms with Gasteiger partial charge >= 0.3 is 6.03 Å². The van der Waals surface area contributed by atoms with E-state index in [4.69, 9.17) is 0 Å². The number of nitroso groups, excluding NO2 is 1. The molecule has 0 radical (unpaired) electrons. The van der Waals surface area contributed by atoms with Crippen LogP contribution in [0, 0.1) is 4.91 Å². The van der Waals surface area contributed by atoms with Crippen LogP contribution in [0.4, 0.5) is 10.5 Å². The second-order valence-corrected chi connectivity index (χ2v) is 5.36. The predicted molar refractivity (Wildman–Crippen MR) is 73.7 cm³/mol. The third kappa shape index (κ3) is 2.25. The van der Waals surface area contributed by atoms with Crippen molar-refractivity contribution in [2.45, 2.75) is 12.5 Å². The Morgan fingerprint density at radius 3 is 2.83 bits per heavy atom. The minimum atomic E-state index is -0.372. The summed E-state index contributed by atoms with van der Waals surface area (Å²) < 4.78 is 0.883. The van der Waals surface area contributed by atoms with Crippen molar-refractivity contribution in [2.24, 2.45) is 5.18 Å². The van der Waals surface area contributed by atoms with Gasteiger partial charge in [-0.25, -0.2) is 4.79 Å². The van der Waals surface area contributed by atoms with Crippen molar-refractivity contribution < 1.29 is 4.79 Å². The summed E-state index contributed by atoms with van der Waals surface area (Å²) in [5, 5.41) is 3.15. The van der Waals surface area contributed by atoms with E-state index in [1.807, 2.05) is 18.2 Å². The van der Waals surface area contributed by atoms with Crippen LogP contribution >= 0.6 is 15.9 Å². The van der Waals surface area contributed by atoms with Gasteiger partial charge in [-0.1, -0.05) is 21.1 Å². The molecule has 6 heteroatoms. The summed E-state index contributed by atoms with van der Waals surface area (Å²) in [6.45, 7) is 0.516. The quantitative estimate of drug-likeness (QED) is 0.748. The van der Waals surface area contributed by atoms with Crippen molar-refractivity contribution in [3.8, 4) is 0 Å². The number of carbonyl (C=O) groups excluding carboxylic acids is 1. The third-order valence-corrected chi connectivity index (χ3v) is 3.50. The Morgan fingerprint density at radius 1 is 1.50 bits per heavy atom. The Morgan fingerprint density at radius 2 is 2.22 bits per heavy atom. The van der Waals surface area contributed by atoms with Crippen molar-refractivity contribution in [2.75, 3.05) is 25.5 Å². The first-order valence-electron chi connectivity index (χ1n) is 5.65. The number of fused-ring (bicyclic) bond motifs is 1. The maximum absolute atomic E-state index is 12.1. The highest BCUT2D eigenvalue weighted by Gasteiger charge is 2.30. The van der Waals surface area contributed by atoms with Gasteiger partial charge < -0.3 is 4.90 Å². The molecule has 2 amide bonds. The number of amides is 2. The molecule has 0 fully saturated rings. The first kappa shape index (κ1) is 13.0. The minimum Gasteiger partial charge on any atom is -0.330 e. The van der Waals surface area contributed by atoms with Gasteiger partial charge in [0.15, 0.2) is 0 Å². The molecule has 1 aliphatic heterocycles. The molecule has 18 heavy (non-hydrogen) atoms. The van der Waals surface area contributed by atoms with Crippen LogP contribution in [-0.4, -0.2) is 31.6 Å². The molecule has 0 saturated carbocycles. The van der Waals surface area contributed by atoms with Crippen LogP contribution in [0.25, 0.3) is 0 Å². The highest BCUT2D eigenvalue weighted by atomic mass is 79.9. The molecule has 1 heterocycles. The highest BCUT2D eigenvalue weighted by molar-refractivity contribution is 9.10. The van der Waals surface area contributed by atoms with Crippen LogP contribution in [-0.2, 0) is 0 Å². The topological polar surface area (TPSA) is 53.0 Å². The van der Waals surface area contributed by atoms with E-state index < -0.39 is 0 Å². The standard InChI is InChI=1S/C12H14BrN3O2/c1-15(2)12(17)16-6-5-10(14-18)9-7-8(13)3-4-11(9)16/h3-4,7,10H,5-6H2,1-2H3. The Kier molecular flexibility index (Phi) is 3.65. The smallest absolute Gasteiger partial charge is 0.323 e. The highest BCUT2D eigenvalue weighted by Crippen LogP contribution is 2.37. The molecule has 1 atom stereocenters. The van der Waals surface area contributed by atoms with Crippen LogP contribution < -0.4 is 4.90 Å². The van der Waals surface area contributed by atoms with E-state index in [1.165, 1.54) is 4.90 Å². The van der Waals surface area contributed by atoms with Gasteiger partial charge in [-0.05, 0) is 24.6 Å². The summed E-state index contributed by atoms with van der Waals surface area (Å²) in [5.41, 5.74) is 1.58. The SMILES string of the molecule is CN(C)C(=O)N1CCC(N=O)c2cc(Br)ccc21. The molecule has 0 aromatic heterocycles. The number of halogens is 1. The number of nitrogens with zero attached hydrogens (tertiary/aromatic N) is 3. The Hall–Kier alpha value is -1.43. The number of carbonyl (C=O) groups is 1. The zero-order valence-electron chi connectivity index (χ0n) is 10.3. The normalized spacial score (nSPS) is 18.2. The van der Waals surface area contributed by atoms with Crippen LogP contribution in [0.1, 0.15) is 18.0 Å². The van der Waals surface area contributed by atoms with Crippen molar-refractivity contribution in [1.29, 1.82) is 0 Å². The van der Waals surface area contributed by atoms with E-state index >= 15 is 0 Å². The van der Waals surface area contributed by atoms with Crippen molar-refractivity contribution in [3.05, 3.63) is 33.1 Å². The first-order chi connectivity index (χ1) is 8.54. The van der Waals surface area contributed by atoms with Crippen LogP contribution in [0.3, 0.4) is 0 Å². The van der Waals surface area contributed by atoms with Gasteiger partial charge in [0.1, 0.15) is 6.04 Å². The van der Waals surface area contributed by atoms with Gasteiger partial charge in [0.2, 0.25) is 0 Å². The van der Waals surface area contributed by atoms with E-state index in [9.17, 15) is 9.70 Å². The van der Waals surface area contributed by atoms with E-state index in [-0.39, 0.29) is 12.1 Å². The van der Waals surface area contributed by atoms with Gasteiger partial charge in [0, 0.05) is 30.7 Å². The second-order valence-electron chi connectivity index (χ2n) is 4.44. The lowest BCUT2D eigenvalue weighted by Gasteiger charge is -2.33. The molecule has 2 rings (SSSR count). The van der Waals surface area contributed by atoms with E-state index in [0.29, 0.717) is 13.0 Å². The monoisotopic (exact) mass is 311 g/mol. The maximum Gasteiger partial charge on any atom is 0.323 e. The molecule has 1 aromatic rings. The molecule has 96 valence electrons. The molecule has 0 bridgehead atoms. The Bertz CT molecular complexity index is 490. The summed E-state index contributed by atoms with van der Waals surface area (Å²) in [6.07, 6.45) is 0.562. The van der Waals surface area contributed by atoms with Gasteiger partial charge in [-0.15, -0.1) is 0 Å². The van der Waals surface area contributed by atoms with Gasteiger partial charge in [-0.3, -0.25) is 4.90 Å². The van der Waals surface area contributed by atoms with Crippen molar-refractivity contribution in [3.63, 3.8) is 0 Å². The van der Waals surface area contributed by atoms with Crippen molar-refractivity contribution in [1.82, 2.24) is 4.90 Å². The average molecular weight is 312 g/mol. The molecular formula is C12H14BrN3O2. The molecule has 0 N–H and O–H groups in total. The minimum absolute atomic E-state index is 0.0806. The summed E-state index contributed by atoms with van der Waals surface area (Å²) in [5.74, 6) is 0. The fourth-order valence-electron chi connectivity index (χ4n) is 2.12. The lowest BCUT2D eigenvalue weighted by molar-refractivity contribution is 0.223. The fourth-order valence-corrected chi connectivity index (χ4v) is 2.49. The van der Waals surface area contributed by atoms with Crippen LogP contribution in [0.5, 0.6) is 0 Å². The number of urea groups is 1. The predicted octanol–water partition coefficient (Wildman–Crippen LogP) is 3.15. The van der Waals surface area contributed by atoms with Crippen LogP contribution in [0.15, 0.2) is 27.8 Å². The summed E-state index contributed by atoms with van der Waals surface area (Å²) in [4.78, 5) is 26.1. The molecule has 1 aliphatic rings. The molecule has 1 aromatic carbocycles. The summed E-state index contributed by atoms with van der Waals surface area (Å²) >= 11 is 3.38. The Balaban J connectivity index is 2.46. The van der Waals surface area contributed by atoms with E-state index in [0.717, 1.165) is 15.7 Å². The summed E-state index contributed by atoms with van der Waals surface area (Å²) in [6, 6.07) is 5.11. The number of hydrogen-bond acceptors (Lipinski definition) is 3. The largest absolute Gasteiger partial charge is 0.330 e. The number of hydrogen-bond donors (Lipinski definition) is 0. The number of rotatable bonds is 1. The van der Waals surface area contributed by atoms with Crippen molar-refractivity contribution >= 4 is 27.6 Å². The van der Waals surface area contributed by atoms with E-state index in [1.54, 1.807) is 19.0 Å². The summed E-state index contributed by atoms with van der Waals surface area (Å²) in [7, 11) is 3.43. The maximum atomic E-state index is 12.1. The van der Waals surface area contributed by atoms with Gasteiger partial charge in [0.05, 0.1) is 5.69 Å². The third-order valence-electron chi connectivity index (χ3n) is 3.01. The second kappa shape index (κ2) is 5.06. The zero-order valence-corrected chi connectivity index (χ0v) is 11.8. The Labute approximate surface area is 114 Å². The van der Waals surface area contributed by atoms with Crippen LogP contribution in [0.2, 0.25) is 0 Å². The lowest BCUT2D eigenvalue weighted by atomic mass is 9.97. The lowest BCUT2D eigenvalue weighted by Crippen LogP contribution is -2.42. The average Bonchev–Trinajstić information content (AvgIpc) is 2.36. The number of anilines is 1. The number of benzene rings is 1. The van der Waals surface area contributed by atoms with E-state index in [2.05, 4.69) is 21.1 Å². The molecule has 1 unspecified atom stereocenters. The molecule has 5 nitrogen and oxygen atoms in total. The first-order valence-corrected chi connectivity index (χ1v) is 6.44. The fraction of sp³-hybridized carbons (Fsp3) is 0.417. The zero-order chi connectivity index (χ0) is 13.3.